The van der Waals surface area contributed by atoms with Crippen molar-refractivity contribution in [2.45, 2.75) is 0 Å². The first-order valence-electron chi connectivity index (χ1n) is 4.18. The lowest BCUT2D eigenvalue weighted by molar-refractivity contribution is 0.316. The van der Waals surface area contributed by atoms with E-state index in [1.807, 2.05) is 6.07 Å². The molecule has 0 radical (unpaired) electrons. The molecule has 0 unspecified atom stereocenters. The second-order valence-corrected chi connectivity index (χ2v) is 2.83. The number of anilines is 2. The van der Waals surface area contributed by atoms with Crippen LogP contribution < -0.4 is 11.1 Å². The zero-order valence-corrected chi connectivity index (χ0v) is 7.53. The standard InChI is InChI=1S/C9H10N4O/c1-2-5-11-7-4-3-6(10)8-9(7)13-14-12-8/h2-4,11H,1,5,10H2. The van der Waals surface area contributed by atoms with E-state index in [9.17, 15) is 0 Å². The summed E-state index contributed by atoms with van der Waals surface area (Å²) in [6.45, 7) is 4.27. The molecule has 2 aromatic rings. The van der Waals surface area contributed by atoms with Crippen molar-refractivity contribution in [1.82, 2.24) is 10.3 Å². The molecule has 0 fully saturated rings. The highest BCUT2D eigenvalue weighted by Gasteiger charge is 2.08. The lowest BCUT2D eigenvalue weighted by atomic mass is 10.2. The Hall–Kier alpha value is -2.04. The Morgan fingerprint density at radius 2 is 2.21 bits per heavy atom. The van der Waals surface area contributed by atoms with Crippen molar-refractivity contribution in [2.75, 3.05) is 17.6 Å². The normalized spacial score (nSPS) is 10.3. The number of aromatic nitrogens is 2. The van der Waals surface area contributed by atoms with Gasteiger partial charge in [0.25, 0.3) is 0 Å². The molecule has 0 amide bonds. The number of nitrogen functional groups attached to an aromatic ring is 1. The molecule has 2 rings (SSSR count). The first-order valence-corrected chi connectivity index (χ1v) is 4.18. The minimum absolute atomic E-state index is 0.561. The molecule has 0 atom stereocenters. The van der Waals surface area contributed by atoms with Crippen LogP contribution in [0.2, 0.25) is 0 Å². The number of rotatable bonds is 3. The van der Waals surface area contributed by atoms with Gasteiger partial charge in [0.05, 0.1) is 11.4 Å². The average Bonchev–Trinajstić information content (AvgIpc) is 2.66. The summed E-state index contributed by atoms with van der Waals surface area (Å²) in [5.41, 5.74) is 8.32. The van der Waals surface area contributed by atoms with E-state index >= 15 is 0 Å². The van der Waals surface area contributed by atoms with Gasteiger partial charge in [-0.3, -0.25) is 0 Å². The van der Waals surface area contributed by atoms with Crippen LogP contribution in [0, 0.1) is 0 Å². The van der Waals surface area contributed by atoms with E-state index in [4.69, 9.17) is 5.73 Å². The molecule has 0 bridgehead atoms. The van der Waals surface area contributed by atoms with E-state index < -0.39 is 0 Å². The molecule has 0 saturated carbocycles. The first kappa shape index (κ1) is 8.55. The minimum atomic E-state index is 0.561. The van der Waals surface area contributed by atoms with E-state index in [-0.39, 0.29) is 0 Å². The van der Waals surface area contributed by atoms with Crippen LogP contribution in [0.25, 0.3) is 11.0 Å². The van der Waals surface area contributed by atoms with Gasteiger partial charge in [0.2, 0.25) is 0 Å². The molecule has 5 heteroatoms. The number of nitrogens with two attached hydrogens (primary N) is 1. The Balaban J connectivity index is 2.49. The van der Waals surface area contributed by atoms with Crippen molar-refractivity contribution in [1.29, 1.82) is 0 Å². The Morgan fingerprint density at radius 3 is 3.00 bits per heavy atom. The Kier molecular flexibility index (Phi) is 2.06. The fraction of sp³-hybridized carbons (Fsp3) is 0.111. The molecule has 3 N–H and O–H groups in total. The number of nitrogens with one attached hydrogen (secondary N) is 1. The summed E-state index contributed by atoms with van der Waals surface area (Å²) in [6.07, 6.45) is 1.76. The molecule has 0 saturated heterocycles. The SMILES string of the molecule is C=CCNc1ccc(N)c2nonc12. The van der Waals surface area contributed by atoms with E-state index in [1.54, 1.807) is 12.1 Å². The van der Waals surface area contributed by atoms with E-state index in [0.717, 1.165) is 5.69 Å². The third-order valence-electron chi connectivity index (χ3n) is 1.88. The van der Waals surface area contributed by atoms with Gasteiger partial charge < -0.3 is 11.1 Å². The lowest BCUT2D eigenvalue weighted by Gasteiger charge is -2.03. The van der Waals surface area contributed by atoms with Crippen molar-refractivity contribution in [3.05, 3.63) is 24.8 Å². The Labute approximate surface area is 80.5 Å². The van der Waals surface area contributed by atoms with Crippen LogP contribution in [0.3, 0.4) is 0 Å². The molecular formula is C9H10N4O. The van der Waals surface area contributed by atoms with Gasteiger partial charge in [-0.15, -0.1) is 6.58 Å². The molecule has 0 aliphatic heterocycles. The van der Waals surface area contributed by atoms with Crippen LogP contribution in [-0.2, 0) is 0 Å². The summed E-state index contributed by atoms with van der Waals surface area (Å²) < 4.78 is 4.62. The number of benzene rings is 1. The van der Waals surface area contributed by atoms with Gasteiger partial charge in [0.15, 0.2) is 11.0 Å². The molecule has 14 heavy (non-hydrogen) atoms. The minimum Gasteiger partial charge on any atom is -0.397 e. The highest BCUT2D eigenvalue weighted by atomic mass is 16.6. The highest BCUT2D eigenvalue weighted by Crippen LogP contribution is 2.24. The topological polar surface area (TPSA) is 77.0 Å². The third-order valence-corrected chi connectivity index (χ3v) is 1.88. The molecule has 0 aliphatic rings. The van der Waals surface area contributed by atoms with Gasteiger partial charge in [0, 0.05) is 6.54 Å². The molecule has 5 nitrogen and oxygen atoms in total. The fourth-order valence-electron chi connectivity index (χ4n) is 1.21. The van der Waals surface area contributed by atoms with Crippen LogP contribution in [-0.4, -0.2) is 16.9 Å². The maximum absolute atomic E-state index is 5.69. The number of fused-ring (bicyclic) bond motifs is 1. The van der Waals surface area contributed by atoms with Crippen LogP contribution in [0.15, 0.2) is 29.4 Å². The van der Waals surface area contributed by atoms with Gasteiger partial charge in [-0.2, -0.15) is 0 Å². The average molecular weight is 190 g/mol. The fourth-order valence-corrected chi connectivity index (χ4v) is 1.21. The number of hydrogen-bond donors (Lipinski definition) is 2. The zero-order chi connectivity index (χ0) is 9.97. The van der Waals surface area contributed by atoms with Gasteiger partial charge in [-0.1, -0.05) is 6.08 Å². The molecule has 0 aliphatic carbocycles. The van der Waals surface area contributed by atoms with Crippen molar-refractivity contribution in [3.8, 4) is 0 Å². The van der Waals surface area contributed by atoms with Crippen LogP contribution in [0.5, 0.6) is 0 Å². The van der Waals surface area contributed by atoms with Crippen LogP contribution in [0.4, 0.5) is 11.4 Å². The van der Waals surface area contributed by atoms with Crippen LogP contribution in [0.1, 0.15) is 0 Å². The molecule has 72 valence electrons. The summed E-state index contributed by atoms with van der Waals surface area (Å²) in [4.78, 5) is 0. The second-order valence-electron chi connectivity index (χ2n) is 2.83. The second kappa shape index (κ2) is 3.37. The largest absolute Gasteiger partial charge is 0.397 e. The monoisotopic (exact) mass is 190 g/mol. The van der Waals surface area contributed by atoms with Crippen LogP contribution >= 0.6 is 0 Å². The Bertz CT molecular complexity index is 463. The van der Waals surface area contributed by atoms with E-state index in [2.05, 4.69) is 26.8 Å². The van der Waals surface area contributed by atoms with Gasteiger partial charge in [0.1, 0.15) is 0 Å². The summed E-state index contributed by atoms with van der Waals surface area (Å²) in [6, 6.07) is 3.60. The first-order chi connectivity index (χ1) is 6.83. The van der Waals surface area contributed by atoms with Crippen molar-refractivity contribution < 1.29 is 4.63 Å². The summed E-state index contributed by atoms with van der Waals surface area (Å²) in [5, 5.41) is 10.6. The van der Waals surface area contributed by atoms with Crippen molar-refractivity contribution >= 4 is 22.4 Å². The smallest absolute Gasteiger partial charge is 0.160 e. The van der Waals surface area contributed by atoms with Crippen molar-refractivity contribution in [2.24, 2.45) is 0 Å². The quantitative estimate of drug-likeness (QED) is 0.565. The molecule has 1 heterocycles. The maximum Gasteiger partial charge on any atom is 0.160 e. The molecule has 1 aromatic heterocycles. The van der Waals surface area contributed by atoms with Gasteiger partial charge >= 0.3 is 0 Å². The van der Waals surface area contributed by atoms with E-state index in [1.165, 1.54) is 0 Å². The molecule has 0 spiro atoms. The van der Waals surface area contributed by atoms with Gasteiger partial charge in [-0.25, -0.2) is 4.63 Å². The number of hydrogen-bond acceptors (Lipinski definition) is 5. The summed E-state index contributed by atoms with van der Waals surface area (Å²) in [7, 11) is 0. The van der Waals surface area contributed by atoms with E-state index in [0.29, 0.717) is 23.3 Å². The van der Waals surface area contributed by atoms with Gasteiger partial charge in [-0.05, 0) is 22.4 Å². The molecular weight excluding hydrogens is 180 g/mol. The third kappa shape index (κ3) is 1.28. The van der Waals surface area contributed by atoms with Crippen molar-refractivity contribution in [3.63, 3.8) is 0 Å². The Morgan fingerprint density at radius 1 is 1.43 bits per heavy atom. The summed E-state index contributed by atoms with van der Waals surface area (Å²) >= 11 is 0. The maximum atomic E-state index is 5.69. The predicted molar refractivity (Wildman–Crippen MR) is 54.9 cm³/mol. The lowest BCUT2D eigenvalue weighted by Crippen LogP contribution is -1.99. The highest BCUT2D eigenvalue weighted by molar-refractivity contribution is 5.94. The number of nitrogens with zero attached hydrogens (tertiary/aromatic N) is 2. The zero-order valence-electron chi connectivity index (χ0n) is 7.53. The molecule has 1 aromatic carbocycles. The summed E-state index contributed by atoms with van der Waals surface area (Å²) in [5.74, 6) is 0. The predicted octanol–water partition coefficient (Wildman–Crippen LogP) is 1.40.